The number of rotatable bonds is 9. The lowest BCUT2D eigenvalue weighted by atomic mass is 9.80. The summed E-state index contributed by atoms with van der Waals surface area (Å²) in [6, 6.07) is 8.83. The molecule has 2 nitrogen and oxygen atoms in total. The minimum absolute atomic E-state index is 0.132. The summed E-state index contributed by atoms with van der Waals surface area (Å²) in [6.45, 7) is 9.00. The van der Waals surface area contributed by atoms with E-state index in [1.54, 1.807) is 0 Å². The van der Waals surface area contributed by atoms with Gasteiger partial charge in [-0.1, -0.05) is 52.7 Å². The highest BCUT2D eigenvalue weighted by molar-refractivity contribution is 5.29. The van der Waals surface area contributed by atoms with E-state index in [0.29, 0.717) is 17.9 Å². The minimum Gasteiger partial charge on any atom is -0.465 e. The van der Waals surface area contributed by atoms with Crippen LogP contribution in [0.15, 0.2) is 24.3 Å². The van der Waals surface area contributed by atoms with Crippen LogP contribution < -0.4 is 4.74 Å². The van der Waals surface area contributed by atoms with Crippen molar-refractivity contribution in [2.75, 3.05) is 0 Å². The summed E-state index contributed by atoms with van der Waals surface area (Å²) in [4.78, 5) is 0. The molecule has 0 saturated heterocycles. The van der Waals surface area contributed by atoms with E-state index >= 15 is 0 Å². The first-order chi connectivity index (χ1) is 13.6. The fourth-order valence-electron chi connectivity index (χ4n) is 6.56. The van der Waals surface area contributed by atoms with E-state index in [9.17, 15) is 0 Å². The van der Waals surface area contributed by atoms with Gasteiger partial charge < -0.3 is 9.47 Å². The zero-order valence-electron chi connectivity index (χ0n) is 18.4. The topological polar surface area (TPSA) is 18.5 Å². The van der Waals surface area contributed by atoms with Crippen molar-refractivity contribution in [3.05, 3.63) is 29.8 Å². The highest BCUT2D eigenvalue weighted by Crippen LogP contribution is 2.59. The maximum atomic E-state index is 6.63. The maximum Gasteiger partial charge on any atom is 0.202 e. The molecular formula is C26H40O2. The Labute approximate surface area is 172 Å². The highest BCUT2D eigenvalue weighted by Gasteiger charge is 2.54. The van der Waals surface area contributed by atoms with E-state index in [-0.39, 0.29) is 6.29 Å². The molecule has 0 aliphatic heterocycles. The maximum absolute atomic E-state index is 6.63. The van der Waals surface area contributed by atoms with Gasteiger partial charge in [0.05, 0.1) is 6.10 Å². The highest BCUT2D eigenvalue weighted by atomic mass is 16.7. The third-order valence-electron chi connectivity index (χ3n) is 7.95. The van der Waals surface area contributed by atoms with Crippen LogP contribution in [-0.2, 0) is 4.74 Å². The molecule has 4 rings (SSSR count). The summed E-state index contributed by atoms with van der Waals surface area (Å²) in [5.41, 5.74) is 1.44. The van der Waals surface area contributed by atoms with Gasteiger partial charge in [0.25, 0.3) is 0 Å². The molecule has 0 aromatic heterocycles. The van der Waals surface area contributed by atoms with Gasteiger partial charge in [-0.05, 0) is 85.8 Å². The van der Waals surface area contributed by atoms with Crippen molar-refractivity contribution in [3.63, 3.8) is 0 Å². The summed E-state index contributed by atoms with van der Waals surface area (Å²) in [5.74, 6) is 5.68. The lowest BCUT2D eigenvalue weighted by molar-refractivity contribution is -0.162. The second-order valence-electron chi connectivity index (χ2n) is 10.0. The van der Waals surface area contributed by atoms with Gasteiger partial charge in [0.15, 0.2) is 0 Å². The quantitative estimate of drug-likeness (QED) is 0.420. The first-order valence-electron chi connectivity index (χ1n) is 12.0. The van der Waals surface area contributed by atoms with Crippen LogP contribution in [0.25, 0.3) is 0 Å². The van der Waals surface area contributed by atoms with Gasteiger partial charge in [-0.2, -0.15) is 0 Å². The molecule has 2 bridgehead atoms. The molecule has 156 valence electrons. The molecule has 3 saturated carbocycles. The van der Waals surface area contributed by atoms with E-state index in [0.717, 1.165) is 29.4 Å². The van der Waals surface area contributed by atoms with Crippen LogP contribution in [0.2, 0.25) is 0 Å². The fourth-order valence-corrected chi connectivity index (χ4v) is 6.56. The zero-order chi connectivity index (χ0) is 19.7. The molecule has 0 N–H and O–H groups in total. The van der Waals surface area contributed by atoms with E-state index in [4.69, 9.17) is 9.47 Å². The Morgan fingerprint density at radius 2 is 1.71 bits per heavy atom. The molecule has 7 atom stereocenters. The van der Waals surface area contributed by atoms with Gasteiger partial charge in [0.1, 0.15) is 5.75 Å². The van der Waals surface area contributed by atoms with E-state index in [2.05, 4.69) is 52.0 Å². The minimum atomic E-state index is -0.132. The Morgan fingerprint density at radius 1 is 0.964 bits per heavy atom. The Hall–Kier alpha value is -1.02. The van der Waals surface area contributed by atoms with Gasteiger partial charge in [0.2, 0.25) is 6.29 Å². The molecule has 0 radical (unpaired) electrons. The van der Waals surface area contributed by atoms with Crippen molar-refractivity contribution in [1.29, 1.82) is 0 Å². The molecular weight excluding hydrogens is 344 g/mol. The second kappa shape index (κ2) is 8.78. The second-order valence-corrected chi connectivity index (χ2v) is 10.0. The predicted octanol–water partition coefficient (Wildman–Crippen LogP) is 7.18. The van der Waals surface area contributed by atoms with E-state index in [1.165, 1.54) is 56.9 Å². The molecule has 3 aliphatic rings. The smallest absolute Gasteiger partial charge is 0.202 e. The van der Waals surface area contributed by atoms with Gasteiger partial charge >= 0.3 is 0 Å². The number of benzene rings is 1. The van der Waals surface area contributed by atoms with Gasteiger partial charge in [-0.15, -0.1) is 0 Å². The lowest BCUT2D eigenvalue weighted by Gasteiger charge is -2.35. The monoisotopic (exact) mass is 384 g/mol. The van der Waals surface area contributed by atoms with Crippen LogP contribution in [0, 0.1) is 29.6 Å². The Morgan fingerprint density at radius 3 is 2.39 bits per heavy atom. The molecule has 1 aromatic rings. The fraction of sp³-hybridized carbons (Fsp3) is 0.769. The molecule has 7 unspecified atom stereocenters. The average Bonchev–Trinajstić information content (AvgIpc) is 3.39. The van der Waals surface area contributed by atoms with Crippen molar-refractivity contribution in [3.8, 4) is 5.75 Å². The number of fused-ring (bicyclic) bond motifs is 5. The van der Waals surface area contributed by atoms with Crippen LogP contribution in [0.5, 0.6) is 5.75 Å². The normalized spacial score (nSPS) is 33.2. The summed E-state index contributed by atoms with van der Waals surface area (Å²) in [5, 5.41) is 0. The molecule has 28 heavy (non-hydrogen) atoms. The van der Waals surface area contributed by atoms with Crippen LogP contribution in [0.3, 0.4) is 0 Å². The van der Waals surface area contributed by atoms with Gasteiger partial charge in [0, 0.05) is 5.92 Å². The number of hydrogen-bond acceptors (Lipinski definition) is 2. The third kappa shape index (κ3) is 3.99. The summed E-state index contributed by atoms with van der Waals surface area (Å²) in [7, 11) is 0. The van der Waals surface area contributed by atoms with Gasteiger partial charge in [-0.25, -0.2) is 0 Å². The predicted molar refractivity (Wildman–Crippen MR) is 116 cm³/mol. The standard InChI is InChI=1S/C26H40O2/c1-5-8-18(6-2)19-11-13-21(14-12-19)27-26(17(3)4)28-25-16-20-15-24(25)23-10-7-9-22(20)23/h11-14,17-18,20,22-26H,5-10,15-16H2,1-4H3. The van der Waals surface area contributed by atoms with Crippen molar-refractivity contribution in [1.82, 2.24) is 0 Å². The van der Waals surface area contributed by atoms with Gasteiger partial charge in [-0.3, -0.25) is 0 Å². The third-order valence-corrected chi connectivity index (χ3v) is 7.95. The average molecular weight is 385 g/mol. The van der Waals surface area contributed by atoms with E-state index < -0.39 is 0 Å². The first-order valence-corrected chi connectivity index (χ1v) is 12.0. The van der Waals surface area contributed by atoms with Crippen molar-refractivity contribution < 1.29 is 9.47 Å². The Kier molecular flexibility index (Phi) is 6.35. The van der Waals surface area contributed by atoms with Crippen molar-refractivity contribution in [2.24, 2.45) is 29.6 Å². The van der Waals surface area contributed by atoms with Crippen LogP contribution >= 0.6 is 0 Å². The number of ether oxygens (including phenoxy) is 2. The number of hydrogen-bond donors (Lipinski definition) is 0. The molecule has 3 fully saturated rings. The van der Waals surface area contributed by atoms with Crippen molar-refractivity contribution in [2.45, 2.75) is 97.4 Å². The molecule has 0 heterocycles. The SMILES string of the molecule is CCCC(CC)c1ccc(OC(OC2CC3CC2C2CCCC32)C(C)C)cc1. The van der Waals surface area contributed by atoms with Crippen LogP contribution in [-0.4, -0.2) is 12.4 Å². The van der Waals surface area contributed by atoms with Crippen LogP contribution in [0.4, 0.5) is 0 Å². The molecule has 2 heteroatoms. The molecule has 1 aromatic carbocycles. The Balaban J connectivity index is 1.38. The molecule has 0 spiro atoms. The largest absolute Gasteiger partial charge is 0.465 e. The zero-order valence-corrected chi connectivity index (χ0v) is 18.4. The summed E-state index contributed by atoms with van der Waals surface area (Å²) < 4.78 is 13.0. The van der Waals surface area contributed by atoms with E-state index in [1.807, 2.05) is 0 Å². The molecule has 3 aliphatic carbocycles. The lowest BCUT2D eigenvalue weighted by Crippen LogP contribution is -2.37. The first kappa shape index (κ1) is 20.3. The summed E-state index contributed by atoms with van der Waals surface area (Å²) >= 11 is 0. The Bertz CT molecular complexity index is 622. The molecule has 0 amide bonds. The van der Waals surface area contributed by atoms with Crippen molar-refractivity contribution >= 4 is 0 Å². The van der Waals surface area contributed by atoms with Crippen LogP contribution in [0.1, 0.15) is 90.5 Å². The summed E-state index contributed by atoms with van der Waals surface area (Å²) in [6.07, 6.45) is 11.1.